The lowest BCUT2D eigenvalue weighted by Gasteiger charge is -2.42. The van der Waals surface area contributed by atoms with E-state index < -0.39 is 0 Å². The van der Waals surface area contributed by atoms with Crippen LogP contribution in [0.1, 0.15) is 43.7 Å². The zero-order chi connectivity index (χ0) is 14.5. The minimum absolute atomic E-state index is 0.397. The molecule has 0 aliphatic carbocycles. The molecule has 1 unspecified atom stereocenters. The fraction of sp³-hybridized carbons (Fsp3) is 0.667. The van der Waals surface area contributed by atoms with E-state index in [9.17, 15) is 0 Å². The predicted octanol–water partition coefficient (Wildman–Crippen LogP) is 2.64. The normalized spacial score (nSPS) is 24.0. The number of hydrogen-bond acceptors (Lipinski definition) is 3. The van der Waals surface area contributed by atoms with Gasteiger partial charge in [0.15, 0.2) is 0 Å². The van der Waals surface area contributed by atoms with Gasteiger partial charge in [0, 0.05) is 31.7 Å². The SMILES string of the molecule is NCC(c1ccccc1)N1CCC(N2CCCCC2)CC1. The maximum Gasteiger partial charge on any atom is 0.0470 e. The molecule has 3 rings (SSSR count). The molecule has 116 valence electrons. The number of rotatable bonds is 4. The molecule has 2 saturated heterocycles. The van der Waals surface area contributed by atoms with Crippen LogP contribution in [0.2, 0.25) is 0 Å². The van der Waals surface area contributed by atoms with Crippen LogP contribution in [0.3, 0.4) is 0 Å². The Bertz CT molecular complexity index is 406. The van der Waals surface area contributed by atoms with Gasteiger partial charge in [0.1, 0.15) is 0 Å². The highest BCUT2D eigenvalue weighted by molar-refractivity contribution is 5.19. The Kier molecular flexibility index (Phi) is 5.28. The molecule has 2 heterocycles. The first-order valence-electron chi connectivity index (χ1n) is 8.61. The van der Waals surface area contributed by atoms with Gasteiger partial charge in [0.05, 0.1) is 0 Å². The summed E-state index contributed by atoms with van der Waals surface area (Å²) in [4.78, 5) is 5.33. The van der Waals surface area contributed by atoms with Crippen LogP contribution in [0.4, 0.5) is 0 Å². The van der Waals surface area contributed by atoms with Crippen molar-refractivity contribution in [3.05, 3.63) is 35.9 Å². The highest BCUT2D eigenvalue weighted by atomic mass is 15.2. The molecule has 0 spiro atoms. The van der Waals surface area contributed by atoms with Crippen LogP contribution in [0.5, 0.6) is 0 Å². The minimum atomic E-state index is 0.397. The lowest BCUT2D eigenvalue weighted by atomic mass is 9.97. The molecular weight excluding hydrogens is 258 g/mol. The molecule has 1 aromatic carbocycles. The molecular formula is C18H29N3. The number of benzene rings is 1. The Balaban J connectivity index is 1.56. The molecule has 21 heavy (non-hydrogen) atoms. The summed E-state index contributed by atoms with van der Waals surface area (Å²) in [6, 6.07) is 12.0. The lowest BCUT2D eigenvalue weighted by molar-refractivity contribution is 0.0736. The number of nitrogens with two attached hydrogens (primary N) is 1. The largest absolute Gasteiger partial charge is 0.329 e. The van der Waals surface area contributed by atoms with Gasteiger partial charge in [-0.25, -0.2) is 0 Å². The van der Waals surface area contributed by atoms with Gasteiger partial charge in [-0.2, -0.15) is 0 Å². The molecule has 1 aromatic rings. The minimum Gasteiger partial charge on any atom is -0.329 e. The fourth-order valence-electron chi connectivity index (χ4n) is 4.02. The molecule has 3 heteroatoms. The number of nitrogens with zero attached hydrogens (tertiary/aromatic N) is 2. The van der Waals surface area contributed by atoms with Crippen molar-refractivity contribution < 1.29 is 0 Å². The van der Waals surface area contributed by atoms with Gasteiger partial charge in [0.2, 0.25) is 0 Å². The van der Waals surface area contributed by atoms with E-state index in [1.54, 1.807) is 0 Å². The first kappa shape index (κ1) is 15.0. The number of piperidine rings is 2. The van der Waals surface area contributed by atoms with E-state index in [-0.39, 0.29) is 0 Å². The first-order chi connectivity index (χ1) is 10.4. The van der Waals surface area contributed by atoms with Crippen LogP contribution in [-0.2, 0) is 0 Å². The van der Waals surface area contributed by atoms with E-state index in [2.05, 4.69) is 40.1 Å². The summed E-state index contributed by atoms with van der Waals surface area (Å²) in [6.07, 6.45) is 6.84. The molecule has 2 N–H and O–H groups in total. The summed E-state index contributed by atoms with van der Waals surface area (Å²) >= 11 is 0. The topological polar surface area (TPSA) is 32.5 Å². The van der Waals surface area contributed by atoms with Gasteiger partial charge >= 0.3 is 0 Å². The standard InChI is InChI=1S/C18H29N3/c19-15-18(16-7-3-1-4-8-16)21-13-9-17(10-14-21)20-11-5-2-6-12-20/h1,3-4,7-8,17-18H,2,5-6,9-15,19H2. The lowest BCUT2D eigenvalue weighted by Crippen LogP contribution is -2.48. The van der Waals surface area contributed by atoms with Gasteiger partial charge in [-0.1, -0.05) is 36.8 Å². The van der Waals surface area contributed by atoms with E-state index in [1.807, 2.05) is 0 Å². The van der Waals surface area contributed by atoms with E-state index in [4.69, 9.17) is 5.73 Å². The van der Waals surface area contributed by atoms with Crippen molar-refractivity contribution in [2.24, 2.45) is 5.73 Å². The Labute approximate surface area is 129 Å². The van der Waals surface area contributed by atoms with Gasteiger partial charge in [-0.05, 0) is 44.3 Å². The van der Waals surface area contributed by atoms with Crippen molar-refractivity contribution in [2.45, 2.75) is 44.2 Å². The predicted molar refractivity (Wildman–Crippen MR) is 88.3 cm³/mol. The van der Waals surface area contributed by atoms with Crippen LogP contribution < -0.4 is 5.73 Å². The van der Waals surface area contributed by atoms with Crippen LogP contribution in [0.15, 0.2) is 30.3 Å². The van der Waals surface area contributed by atoms with Crippen LogP contribution >= 0.6 is 0 Å². The molecule has 0 radical (unpaired) electrons. The van der Waals surface area contributed by atoms with Gasteiger partial charge in [-0.15, -0.1) is 0 Å². The monoisotopic (exact) mass is 287 g/mol. The molecule has 0 saturated carbocycles. The maximum atomic E-state index is 6.06. The summed E-state index contributed by atoms with van der Waals surface area (Å²) in [7, 11) is 0. The second kappa shape index (κ2) is 7.39. The molecule has 1 atom stereocenters. The first-order valence-corrected chi connectivity index (χ1v) is 8.61. The average molecular weight is 287 g/mol. The zero-order valence-corrected chi connectivity index (χ0v) is 13.1. The van der Waals surface area contributed by atoms with E-state index in [1.165, 1.54) is 63.8 Å². The van der Waals surface area contributed by atoms with E-state index in [0.29, 0.717) is 6.04 Å². The Morgan fingerprint density at radius 1 is 0.952 bits per heavy atom. The Morgan fingerprint density at radius 3 is 2.24 bits per heavy atom. The molecule has 0 aromatic heterocycles. The molecule has 2 aliphatic rings. The van der Waals surface area contributed by atoms with Crippen LogP contribution in [0.25, 0.3) is 0 Å². The molecule has 0 bridgehead atoms. The second-order valence-corrected chi connectivity index (χ2v) is 6.53. The highest BCUT2D eigenvalue weighted by Crippen LogP contribution is 2.26. The average Bonchev–Trinajstić information content (AvgIpc) is 2.58. The summed E-state index contributed by atoms with van der Waals surface area (Å²) in [5.41, 5.74) is 7.43. The van der Waals surface area contributed by atoms with Gasteiger partial charge in [-0.3, -0.25) is 4.90 Å². The zero-order valence-electron chi connectivity index (χ0n) is 13.1. The van der Waals surface area contributed by atoms with Crippen molar-refractivity contribution in [2.75, 3.05) is 32.7 Å². The van der Waals surface area contributed by atoms with Crippen molar-refractivity contribution in [3.8, 4) is 0 Å². The van der Waals surface area contributed by atoms with E-state index >= 15 is 0 Å². The Morgan fingerprint density at radius 2 is 1.62 bits per heavy atom. The third kappa shape index (κ3) is 3.65. The smallest absolute Gasteiger partial charge is 0.0470 e. The highest BCUT2D eigenvalue weighted by Gasteiger charge is 2.28. The summed E-state index contributed by atoms with van der Waals surface area (Å²) < 4.78 is 0. The van der Waals surface area contributed by atoms with Gasteiger partial charge in [0.25, 0.3) is 0 Å². The van der Waals surface area contributed by atoms with Gasteiger partial charge < -0.3 is 10.6 Å². The van der Waals surface area contributed by atoms with E-state index in [0.717, 1.165) is 12.6 Å². The number of hydrogen-bond donors (Lipinski definition) is 1. The second-order valence-electron chi connectivity index (χ2n) is 6.53. The summed E-state index contributed by atoms with van der Waals surface area (Å²) in [5.74, 6) is 0. The third-order valence-electron chi connectivity index (χ3n) is 5.25. The molecule has 3 nitrogen and oxygen atoms in total. The molecule has 2 aliphatic heterocycles. The van der Waals surface area contributed by atoms with Crippen molar-refractivity contribution in [1.29, 1.82) is 0 Å². The van der Waals surface area contributed by atoms with Crippen LogP contribution in [-0.4, -0.2) is 48.6 Å². The summed E-state index contributed by atoms with van der Waals surface area (Å²) in [6.45, 7) is 5.75. The maximum absolute atomic E-state index is 6.06. The van der Waals surface area contributed by atoms with Crippen molar-refractivity contribution >= 4 is 0 Å². The Hall–Kier alpha value is -0.900. The summed E-state index contributed by atoms with van der Waals surface area (Å²) in [5, 5.41) is 0. The van der Waals surface area contributed by atoms with Crippen molar-refractivity contribution in [1.82, 2.24) is 9.80 Å². The van der Waals surface area contributed by atoms with Crippen LogP contribution in [0, 0.1) is 0 Å². The van der Waals surface area contributed by atoms with Crippen molar-refractivity contribution in [3.63, 3.8) is 0 Å². The number of likely N-dealkylation sites (tertiary alicyclic amines) is 2. The molecule has 0 amide bonds. The third-order valence-corrected chi connectivity index (χ3v) is 5.25. The fourth-order valence-corrected chi connectivity index (χ4v) is 4.02. The quantitative estimate of drug-likeness (QED) is 0.924. The molecule has 2 fully saturated rings.